The maximum Gasteiger partial charge on any atom is 0.237 e. The summed E-state index contributed by atoms with van der Waals surface area (Å²) in [5, 5.41) is 2.10. The van der Waals surface area contributed by atoms with E-state index < -0.39 is 0 Å². The van der Waals surface area contributed by atoms with Crippen LogP contribution in [0.1, 0.15) is 30.5 Å². The van der Waals surface area contributed by atoms with Crippen molar-refractivity contribution in [2.75, 3.05) is 19.6 Å². The normalized spacial score (nSPS) is 11.5. The zero-order valence-electron chi connectivity index (χ0n) is 21.2. The van der Waals surface area contributed by atoms with Crippen LogP contribution in [0.2, 0.25) is 10.0 Å². The van der Waals surface area contributed by atoms with Crippen molar-refractivity contribution in [2.24, 2.45) is 5.92 Å². The van der Waals surface area contributed by atoms with Gasteiger partial charge in [0.15, 0.2) is 0 Å². The molecule has 4 rings (SSSR count). The Labute approximate surface area is 228 Å². The van der Waals surface area contributed by atoms with Gasteiger partial charge in [0.25, 0.3) is 0 Å². The van der Waals surface area contributed by atoms with E-state index in [2.05, 4.69) is 24.9 Å². The number of carbonyl (C=O) groups is 1. The first-order chi connectivity index (χ1) is 17.8. The quantitative estimate of drug-likeness (QED) is 0.216. The lowest BCUT2D eigenvalue weighted by Gasteiger charge is -2.29. The zero-order valence-corrected chi connectivity index (χ0v) is 22.7. The van der Waals surface area contributed by atoms with Crippen LogP contribution in [-0.4, -0.2) is 40.3 Å². The van der Waals surface area contributed by atoms with Gasteiger partial charge in [0, 0.05) is 48.8 Å². The van der Waals surface area contributed by atoms with E-state index in [0.29, 0.717) is 54.1 Å². The predicted octanol–water partition coefficient (Wildman–Crippen LogP) is 7.34. The molecule has 0 atom stereocenters. The lowest BCUT2D eigenvalue weighted by atomic mass is 10.1. The van der Waals surface area contributed by atoms with E-state index in [9.17, 15) is 9.18 Å². The van der Waals surface area contributed by atoms with Crippen LogP contribution in [-0.2, 0) is 24.3 Å². The number of halogens is 3. The lowest BCUT2D eigenvalue weighted by Crippen LogP contribution is -2.42. The number of rotatable bonds is 11. The van der Waals surface area contributed by atoms with E-state index in [1.165, 1.54) is 6.07 Å². The van der Waals surface area contributed by atoms with Gasteiger partial charge < -0.3 is 9.88 Å². The number of carbonyl (C=O) groups excluding carboxylic acids is 1. The molecule has 4 nitrogen and oxygen atoms in total. The number of amides is 1. The van der Waals surface area contributed by atoms with Crippen molar-refractivity contribution in [1.82, 2.24) is 14.8 Å². The molecule has 0 aliphatic heterocycles. The van der Waals surface area contributed by atoms with E-state index >= 15 is 0 Å². The molecular formula is C30H32Cl2FN3O. The van der Waals surface area contributed by atoms with Gasteiger partial charge >= 0.3 is 0 Å². The predicted molar refractivity (Wildman–Crippen MR) is 150 cm³/mol. The summed E-state index contributed by atoms with van der Waals surface area (Å²) in [6.45, 7) is 6.40. The Morgan fingerprint density at radius 3 is 2.46 bits per heavy atom. The van der Waals surface area contributed by atoms with Crippen LogP contribution in [0.4, 0.5) is 4.39 Å². The second kappa shape index (κ2) is 12.6. The summed E-state index contributed by atoms with van der Waals surface area (Å²) in [5.41, 5.74) is 3.73. The number of nitrogens with one attached hydrogen (secondary N) is 1. The number of benzene rings is 3. The van der Waals surface area contributed by atoms with Crippen molar-refractivity contribution in [2.45, 2.75) is 33.4 Å². The summed E-state index contributed by atoms with van der Waals surface area (Å²) in [7, 11) is 0. The topological polar surface area (TPSA) is 39.3 Å². The number of hydrogen-bond acceptors (Lipinski definition) is 2. The van der Waals surface area contributed by atoms with Crippen LogP contribution < -0.4 is 0 Å². The Balaban J connectivity index is 1.54. The van der Waals surface area contributed by atoms with Crippen molar-refractivity contribution < 1.29 is 9.18 Å². The van der Waals surface area contributed by atoms with Gasteiger partial charge in [-0.15, -0.1) is 0 Å². The van der Waals surface area contributed by atoms with Crippen LogP contribution in [0.3, 0.4) is 0 Å². The molecule has 0 fully saturated rings. The van der Waals surface area contributed by atoms with Gasteiger partial charge in [0.05, 0.1) is 16.6 Å². The molecule has 0 aliphatic carbocycles. The monoisotopic (exact) mass is 539 g/mol. The molecule has 0 aliphatic rings. The minimum Gasteiger partial charge on any atom is -0.361 e. The lowest BCUT2D eigenvalue weighted by molar-refractivity contribution is -0.133. The molecule has 0 saturated carbocycles. The number of nitrogens with zero attached hydrogens (tertiary/aromatic N) is 2. The Kier molecular flexibility index (Phi) is 9.25. The largest absolute Gasteiger partial charge is 0.361 e. The Morgan fingerprint density at radius 2 is 1.70 bits per heavy atom. The van der Waals surface area contributed by atoms with E-state index in [4.69, 9.17) is 23.2 Å². The highest BCUT2D eigenvalue weighted by Gasteiger charge is 2.21. The highest BCUT2D eigenvalue weighted by molar-refractivity contribution is 6.42. The molecule has 0 bridgehead atoms. The Hall–Kier alpha value is -2.86. The van der Waals surface area contributed by atoms with E-state index in [1.54, 1.807) is 24.3 Å². The SMILES string of the molecule is CC(C)CN(CC(=O)N(CCc1c[nH]c2ccccc12)Cc1ccc(Cl)c(Cl)c1)Cc1ccccc1F. The fourth-order valence-electron chi connectivity index (χ4n) is 4.60. The molecule has 1 heterocycles. The minimum atomic E-state index is -0.254. The molecular weight excluding hydrogens is 508 g/mol. The van der Waals surface area contributed by atoms with Crippen molar-refractivity contribution >= 4 is 40.0 Å². The van der Waals surface area contributed by atoms with E-state index in [1.807, 2.05) is 46.3 Å². The van der Waals surface area contributed by atoms with Gasteiger partial charge in [-0.1, -0.05) is 79.5 Å². The summed E-state index contributed by atoms with van der Waals surface area (Å²) in [6.07, 6.45) is 2.71. The van der Waals surface area contributed by atoms with Crippen LogP contribution in [0, 0.1) is 11.7 Å². The molecule has 1 aromatic heterocycles. The van der Waals surface area contributed by atoms with Crippen molar-refractivity contribution in [3.8, 4) is 0 Å². The molecule has 1 amide bonds. The third-order valence-corrected chi connectivity index (χ3v) is 7.11. The van der Waals surface area contributed by atoms with Gasteiger partial charge in [-0.05, 0) is 47.7 Å². The standard InChI is InChI=1S/C30H32Cl2FN3O/c1-21(2)17-35(19-24-7-3-5-9-28(24)33)20-30(37)36(18-22-11-12-26(31)27(32)15-22)14-13-23-16-34-29-10-6-4-8-25(23)29/h3-12,15-16,21,34H,13-14,17-20H2,1-2H3. The molecule has 1 N–H and O–H groups in total. The highest BCUT2D eigenvalue weighted by atomic mass is 35.5. The summed E-state index contributed by atoms with van der Waals surface area (Å²) in [4.78, 5) is 20.9. The van der Waals surface area contributed by atoms with Crippen molar-refractivity contribution in [3.05, 3.63) is 105 Å². The molecule has 3 aromatic carbocycles. The number of H-pyrrole nitrogens is 1. The second-order valence-corrected chi connectivity index (χ2v) is 10.6. The van der Waals surface area contributed by atoms with E-state index in [0.717, 1.165) is 22.0 Å². The van der Waals surface area contributed by atoms with Crippen LogP contribution in [0.5, 0.6) is 0 Å². The smallest absolute Gasteiger partial charge is 0.237 e. The number of aromatic amines is 1. The molecule has 0 saturated heterocycles. The number of fused-ring (bicyclic) bond motifs is 1. The Bertz CT molecular complexity index is 1350. The first-order valence-electron chi connectivity index (χ1n) is 12.5. The maximum atomic E-state index is 14.4. The minimum absolute atomic E-state index is 0.0112. The number of para-hydroxylation sites is 1. The fraction of sp³-hybridized carbons (Fsp3) is 0.300. The molecule has 0 unspecified atom stereocenters. The van der Waals surface area contributed by atoms with E-state index in [-0.39, 0.29) is 18.3 Å². The molecule has 7 heteroatoms. The molecule has 0 radical (unpaired) electrons. The average molecular weight is 541 g/mol. The first kappa shape index (κ1) is 27.2. The highest BCUT2D eigenvalue weighted by Crippen LogP contribution is 2.24. The first-order valence-corrected chi connectivity index (χ1v) is 13.3. The summed E-state index contributed by atoms with van der Waals surface area (Å²) >= 11 is 12.4. The van der Waals surface area contributed by atoms with Crippen molar-refractivity contribution in [3.63, 3.8) is 0 Å². The van der Waals surface area contributed by atoms with Crippen molar-refractivity contribution in [1.29, 1.82) is 0 Å². The molecule has 194 valence electrons. The summed E-state index contributed by atoms with van der Waals surface area (Å²) in [5.74, 6) is 0.0629. The van der Waals surface area contributed by atoms with Gasteiger partial charge in [0.2, 0.25) is 5.91 Å². The number of hydrogen-bond donors (Lipinski definition) is 1. The molecule has 0 spiro atoms. The molecule has 4 aromatic rings. The van der Waals surface area contributed by atoms with Gasteiger partial charge in [-0.25, -0.2) is 4.39 Å². The van der Waals surface area contributed by atoms with Gasteiger partial charge in [-0.2, -0.15) is 0 Å². The van der Waals surface area contributed by atoms with Gasteiger partial charge in [-0.3, -0.25) is 9.69 Å². The van der Waals surface area contributed by atoms with Crippen LogP contribution in [0.15, 0.2) is 72.9 Å². The third-order valence-electron chi connectivity index (χ3n) is 6.37. The zero-order chi connectivity index (χ0) is 26.4. The second-order valence-electron chi connectivity index (χ2n) is 9.83. The summed E-state index contributed by atoms with van der Waals surface area (Å²) in [6, 6.07) is 20.4. The average Bonchev–Trinajstić information content (AvgIpc) is 3.28. The van der Waals surface area contributed by atoms with Crippen LogP contribution in [0.25, 0.3) is 10.9 Å². The van der Waals surface area contributed by atoms with Crippen LogP contribution >= 0.6 is 23.2 Å². The molecule has 37 heavy (non-hydrogen) atoms. The number of aromatic nitrogens is 1. The Morgan fingerprint density at radius 1 is 0.946 bits per heavy atom. The summed E-state index contributed by atoms with van der Waals surface area (Å²) < 4.78 is 14.4. The fourth-order valence-corrected chi connectivity index (χ4v) is 4.93. The third kappa shape index (κ3) is 7.35. The van der Waals surface area contributed by atoms with Gasteiger partial charge in [0.1, 0.15) is 5.82 Å². The maximum absolute atomic E-state index is 14.4.